The van der Waals surface area contributed by atoms with E-state index in [1.807, 2.05) is 12.1 Å². The summed E-state index contributed by atoms with van der Waals surface area (Å²) in [5.41, 5.74) is 1.21. The first kappa shape index (κ1) is 20.4. The third kappa shape index (κ3) is 5.82. The van der Waals surface area contributed by atoms with Crippen LogP contribution < -0.4 is 10.1 Å². The van der Waals surface area contributed by atoms with E-state index in [1.54, 1.807) is 7.11 Å². The van der Waals surface area contributed by atoms with Gasteiger partial charge in [-0.3, -0.25) is 0 Å². The van der Waals surface area contributed by atoms with Gasteiger partial charge in [0.25, 0.3) is 0 Å². The zero-order chi connectivity index (χ0) is 19.1. The second-order valence-electron chi connectivity index (χ2n) is 8.11. The minimum Gasteiger partial charge on any atom is -0.496 e. The van der Waals surface area contributed by atoms with Crippen molar-refractivity contribution in [3.63, 3.8) is 0 Å². The normalized spacial score (nSPS) is 20.1. The number of nitrogens with one attached hydrogen (secondary N) is 1. The third-order valence-corrected chi connectivity index (χ3v) is 6.46. The molecule has 0 unspecified atom stereocenters. The first-order chi connectivity index (χ1) is 13.2. The summed E-state index contributed by atoms with van der Waals surface area (Å²) in [5, 5.41) is 4.66. The van der Waals surface area contributed by atoms with E-state index in [9.17, 15) is 0 Å². The average molecular weight is 390 g/mol. The molecule has 1 aromatic carbocycles. The van der Waals surface area contributed by atoms with E-state index in [0.29, 0.717) is 12.1 Å². The lowest BCUT2D eigenvalue weighted by Crippen LogP contribution is -2.51. The van der Waals surface area contributed by atoms with Crippen molar-refractivity contribution >= 4 is 17.3 Å². The van der Waals surface area contributed by atoms with E-state index in [1.165, 1.54) is 44.1 Å². The second kappa shape index (κ2) is 10.3. The molecule has 0 atom stereocenters. The molecule has 2 aliphatic rings. The number of hydrogen-bond donors (Lipinski definition) is 1. The van der Waals surface area contributed by atoms with Crippen LogP contribution in [0.5, 0.6) is 5.75 Å². The number of likely N-dealkylation sites (tertiary alicyclic amines) is 1. The lowest BCUT2D eigenvalue weighted by molar-refractivity contribution is 0.169. The van der Waals surface area contributed by atoms with Gasteiger partial charge in [0.15, 0.2) is 5.11 Å². The fraction of sp³-hybridized carbons (Fsp3) is 0.682. The molecular formula is C22H35N3OS. The minimum absolute atomic E-state index is 0.497. The Kier molecular flexibility index (Phi) is 7.77. The van der Waals surface area contributed by atoms with Gasteiger partial charge in [0.2, 0.25) is 0 Å². The van der Waals surface area contributed by atoms with Crippen molar-refractivity contribution in [1.82, 2.24) is 15.1 Å². The molecule has 1 aliphatic heterocycles. The van der Waals surface area contributed by atoms with Crippen LogP contribution in [0.3, 0.4) is 0 Å². The van der Waals surface area contributed by atoms with Crippen LogP contribution in [0.1, 0.15) is 56.9 Å². The number of benzene rings is 1. The quantitative estimate of drug-likeness (QED) is 0.602. The molecule has 1 N–H and O–H groups in total. The van der Waals surface area contributed by atoms with Crippen LogP contribution in [-0.2, 0) is 6.54 Å². The van der Waals surface area contributed by atoms with Gasteiger partial charge in [-0.25, -0.2) is 0 Å². The van der Waals surface area contributed by atoms with Crippen LogP contribution in [0.4, 0.5) is 0 Å². The summed E-state index contributed by atoms with van der Waals surface area (Å²) in [6, 6.07) is 9.36. The lowest BCUT2D eigenvalue weighted by atomic mass is 10.0. The number of methoxy groups -OCH3 is 1. The van der Waals surface area contributed by atoms with Gasteiger partial charge in [-0.05, 0) is 64.1 Å². The Morgan fingerprint density at radius 2 is 1.78 bits per heavy atom. The topological polar surface area (TPSA) is 27.7 Å². The van der Waals surface area contributed by atoms with E-state index in [2.05, 4.69) is 34.3 Å². The number of nitrogens with zero attached hydrogens (tertiary/aromatic N) is 2. The first-order valence-corrected chi connectivity index (χ1v) is 11.0. The predicted octanol–water partition coefficient (Wildman–Crippen LogP) is 4.19. The van der Waals surface area contributed by atoms with Crippen molar-refractivity contribution in [2.45, 2.75) is 70.0 Å². The van der Waals surface area contributed by atoms with Gasteiger partial charge in [-0.15, -0.1) is 0 Å². The molecule has 2 fully saturated rings. The SMILES string of the molecule is COc1ccccc1CN(C(=S)NC1CCCCCC1)C1CCN(C)CC1. The Labute approximate surface area is 170 Å². The standard InChI is InChI=1S/C22H35N3OS/c1-24-15-13-20(14-16-24)25(17-18-9-7-8-12-21(18)26-2)22(27)23-19-10-5-3-4-6-11-19/h7-9,12,19-20H,3-6,10-11,13-17H2,1-2H3,(H,23,27). The minimum atomic E-state index is 0.497. The highest BCUT2D eigenvalue weighted by atomic mass is 32.1. The van der Waals surface area contributed by atoms with Gasteiger partial charge in [0, 0.05) is 24.2 Å². The Morgan fingerprint density at radius 1 is 1.11 bits per heavy atom. The van der Waals surface area contributed by atoms with E-state index in [-0.39, 0.29) is 0 Å². The Morgan fingerprint density at radius 3 is 2.44 bits per heavy atom. The molecule has 150 valence electrons. The molecule has 4 nitrogen and oxygen atoms in total. The molecule has 0 spiro atoms. The largest absolute Gasteiger partial charge is 0.496 e. The Bertz CT molecular complexity index is 593. The number of para-hydroxylation sites is 1. The van der Waals surface area contributed by atoms with Gasteiger partial charge in [-0.2, -0.15) is 0 Å². The summed E-state index contributed by atoms with van der Waals surface area (Å²) in [5.74, 6) is 0.952. The van der Waals surface area contributed by atoms with Crippen LogP contribution in [0.15, 0.2) is 24.3 Å². The highest BCUT2D eigenvalue weighted by Gasteiger charge is 2.27. The molecule has 0 radical (unpaired) electrons. The van der Waals surface area contributed by atoms with Crippen molar-refractivity contribution < 1.29 is 4.74 Å². The van der Waals surface area contributed by atoms with Crippen LogP contribution >= 0.6 is 12.2 Å². The van der Waals surface area contributed by atoms with Gasteiger partial charge in [0.1, 0.15) is 5.75 Å². The third-order valence-electron chi connectivity index (χ3n) is 6.11. The van der Waals surface area contributed by atoms with E-state index < -0.39 is 0 Å². The zero-order valence-corrected chi connectivity index (χ0v) is 17.8. The number of thiocarbonyl (C=S) groups is 1. The Hall–Kier alpha value is -1.33. The number of rotatable bonds is 5. The average Bonchev–Trinajstić information content (AvgIpc) is 2.96. The monoisotopic (exact) mass is 389 g/mol. The van der Waals surface area contributed by atoms with Gasteiger partial charge in [0.05, 0.1) is 7.11 Å². The maximum atomic E-state index is 5.95. The molecule has 1 heterocycles. The summed E-state index contributed by atoms with van der Waals surface area (Å²) in [6.45, 7) is 3.09. The molecule has 1 saturated carbocycles. The molecule has 5 heteroatoms. The van der Waals surface area contributed by atoms with Crippen LogP contribution in [0.25, 0.3) is 0 Å². The summed E-state index contributed by atoms with van der Waals surface area (Å²) < 4.78 is 5.60. The van der Waals surface area contributed by atoms with Gasteiger partial charge >= 0.3 is 0 Å². The number of hydrogen-bond acceptors (Lipinski definition) is 3. The van der Waals surface area contributed by atoms with E-state index in [4.69, 9.17) is 17.0 Å². The second-order valence-corrected chi connectivity index (χ2v) is 8.50. The molecule has 27 heavy (non-hydrogen) atoms. The maximum absolute atomic E-state index is 5.95. The van der Waals surface area contributed by atoms with Crippen molar-refractivity contribution in [2.24, 2.45) is 0 Å². The van der Waals surface area contributed by atoms with Crippen LogP contribution in [0.2, 0.25) is 0 Å². The summed E-state index contributed by atoms with van der Waals surface area (Å²) in [7, 11) is 3.96. The Balaban J connectivity index is 1.73. The van der Waals surface area contributed by atoms with Crippen LogP contribution in [-0.4, -0.2) is 54.2 Å². The van der Waals surface area contributed by atoms with Crippen molar-refractivity contribution in [2.75, 3.05) is 27.2 Å². The molecular weight excluding hydrogens is 354 g/mol. The van der Waals surface area contributed by atoms with Crippen molar-refractivity contribution in [1.29, 1.82) is 0 Å². The number of piperidine rings is 1. The molecule has 1 aliphatic carbocycles. The van der Waals surface area contributed by atoms with Crippen molar-refractivity contribution in [3.8, 4) is 5.75 Å². The summed E-state index contributed by atoms with van der Waals surface area (Å²) in [4.78, 5) is 4.85. The lowest BCUT2D eigenvalue weighted by Gasteiger charge is -2.40. The predicted molar refractivity (Wildman–Crippen MR) is 116 cm³/mol. The van der Waals surface area contributed by atoms with Gasteiger partial charge in [-0.1, -0.05) is 43.9 Å². The number of ether oxygens (including phenoxy) is 1. The fourth-order valence-electron chi connectivity index (χ4n) is 4.37. The molecule has 0 bridgehead atoms. The van der Waals surface area contributed by atoms with Crippen LogP contribution in [0, 0.1) is 0 Å². The molecule has 3 rings (SSSR count). The smallest absolute Gasteiger partial charge is 0.169 e. The van der Waals surface area contributed by atoms with Crippen molar-refractivity contribution in [3.05, 3.63) is 29.8 Å². The zero-order valence-electron chi connectivity index (χ0n) is 17.0. The van der Waals surface area contributed by atoms with E-state index >= 15 is 0 Å². The maximum Gasteiger partial charge on any atom is 0.169 e. The molecule has 1 aromatic rings. The first-order valence-electron chi connectivity index (χ1n) is 10.5. The summed E-state index contributed by atoms with van der Waals surface area (Å²) >= 11 is 5.95. The molecule has 0 aromatic heterocycles. The molecule has 0 amide bonds. The fourth-order valence-corrected chi connectivity index (χ4v) is 4.75. The molecule has 1 saturated heterocycles. The highest BCUT2D eigenvalue weighted by Crippen LogP contribution is 2.25. The highest BCUT2D eigenvalue weighted by molar-refractivity contribution is 7.80. The van der Waals surface area contributed by atoms with E-state index in [0.717, 1.165) is 43.3 Å². The van der Waals surface area contributed by atoms with Gasteiger partial charge < -0.3 is 19.9 Å². The summed E-state index contributed by atoms with van der Waals surface area (Å²) in [6.07, 6.45) is 10.2.